The average Bonchev–Trinajstić information content (AvgIpc) is 3.83. The van der Waals surface area contributed by atoms with Gasteiger partial charge in [-0.25, -0.2) is 0 Å². The first-order valence-electron chi connectivity index (χ1n) is 22.6. The molecule has 0 radical (unpaired) electrons. The fraction of sp³-hybridized carbons (Fsp3) is 0.207. The van der Waals surface area contributed by atoms with Crippen molar-refractivity contribution in [2.45, 2.75) is 77.5 Å². The lowest BCUT2D eigenvalue weighted by molar-refractivity contribution is 0.338. The molecule has 0 unspecified atom stereocenters. The van der Waals surface area contributed by atoms with Crippen LogP contribution in [0.3, 0.4) is 0 Å². The van der Waals surface area contributed by atoms with Crippen LogP contribution in [0, 0.1) is 0 Å². The van der Waals surface area contributed by atoms with E-state index < -0.39 is 0 Å². The second-order valence-corrected chi connectivity index (χ2v) is 19.6. The van der Waals surface area contributed by atoms with E-state index in [4.69, 9.17) is 20.0 Å². The van der Waals surface area contributed by atoms with Crippen LogP contribution in [0.4, 0.5) is 11.4 Å². The van der Waals surface area contributed by atoms with Gasteiger partial charge in [0.15, 0.2) is 11.7 Å². The number of benzene rings is 6. The van der Waals surface area contributed by atoms with Gasteiger partial charge in [-0.2, -0.15) is 0 Å². The predicted octanol–water partition coefficient (Wildman–Crippen LogP) is 13.7. The van der Waals surface area contributed by atoms with Crippen molar-refractivity contribution in [1.82, 2.24) is 14.5 Å². The van der Waals surface area contributed by atoms with E-state index in [1.807, 2.05) is 12.4 Å². The predicted molar refractivity (Wildman–Crippen MR) is 272 cm³/mol. The summed E-state index contributed by atoms with van der Waals surface area (Å²) in [5.74, 6) is 1.79. The Hall–Kier alpha value is -7.38. The number of anilines is 2. The van der Waals surface area contributed by atoms with Crippen molar-refractivity contribution in [3.05, 3.63) is 188 Å². The van der Waals surface area contributed by atoms with Crippen LogP contribution < -0.4 is 9.80 Å². The van der Waals surface area contributed by atoms with Gasteiger partial charge in [0.1, 0.15) is 11.4 Å². The highest BCUT2D eigenvalue weighted by molar-refractivity contribution is 6.19. The molecule has 65 heavy (non-hydrogen) atoms. The first-order valence-corrected chi connectivity index (χ1v) is 22.6. The summed E-state index contributed by atoms with van der Waals surface area (Å²) in [5, 5.41) is 4.78. The summed E-state index contributed by atoms with van der Waals surface area (Å²) in [6.45, 7) is 17.9. The SMILES string of the molecule is CC1(C)N=C(c2ccc(-c3ccc4c(ccc5c6ccc(-c7ccc(C8=NC(C)(C)C(C)(C)N8c8ccccc8)nc7)cc6n(-c6ccccc6)c45)c3)cn2)N(c2ccccc2)C1(C)C. The number of aromatic nitrogens is 3. The summed E-state index contributed by atoms with van der Waals surface area (Å²) in [7, 11) is 0. The Kier molecular flexibility index (Phi) is 9.06. The lowest BCUT2D eigenvalue weighted by atomic mass is 9.83. The Balaban J connectivity index is 0.964. The molecule has 9 aromatic rings. The van der Waals surface area contributed by atoms with Gasteiger partial charge in [-0.05, 0) is 133 Å². The Bertz CT molecular complexity index is 3340. The summed E-state index contributed by atoms with van der Waals surface area (Å²) < 4.78 is 2.42. The summed E-state index contributed by atoms with van der Waals surface area (Å²) >= 11 is 0. The number of para-hydroxylation sites is 3. The second-order valence-electron chi connectivity index (χ2n) is 19.6. The molecule has 0 aliphatic carbocycles. The maximum Gasteiger partial charge on any atom is 0.155 e. The van der Waals surface area contributed by atoms with Crippen molar-refractivity contribution in [3.8, 4) is 27.9 Å². The van der Waals surface area contributed by atoms with Gasteiger partial charge in [-0.1, -0.05) is 103 Å². The molecule has 0 saturated heterocycles. The number of hydrogen-bond acceptors (Lipinski definition) is 6. The zero-order valence-electron chi connectivity index (χ0n) is 38.4. The highest BCUT2D eigenvalue weighted by Gasteiger charge is 2.51. The quantitative estimate of drug-likeness (QED) is 0.160. The smallest absolute Gasteiger partial charge is 0.155 e. The third-order valence-corrected chi connectivity index (χ3v) is 14.7. The van der Waals surface area contributed by atoms with Crippen molar-refractivity contribution in [3.63, 3.8) is 0 Å². The molecule has 3 aromatic heterocycles. The van der Waals surface area contributed by atoms with E-state index in [1.165, 1.54) is 27.1 Å². The van der Waals surface area contributed by atoms with Crippen LogP contribution >= 0.6 is 0 Å². The van der Waals surface area contributed by atoms with Crippen molar-refractivity contribution >= 4 is 55.6 Å². The zero-order chi connectivity index (χ0) is 44.9. The summed E-state index contributed by atoms with van der Waals surface area (Å²) in [6, 6.07) is 58.5. The molecule has 7 nitrogen and oxygen atoms in total. The molecule has 2 aliphatic heterocycles. The third-order valence-electron chi connectivity index (χ3n) is 14.7. The van der Waals surface area contributed by atoms with Gasteiger partial charge in [0.2, 0.25) is 0 Å². The molecule has 2 aliphatic rings. The van der Waals surface area contributed by atoms with Crippen LogP contribution in [0.1, 0.15) is 66.8 Å². The fourth-order valence-corrected chi connectivity index (χ4v) is 9.80. The Labute approximate surface area is 381 Å². The van der Waals surface area contributed by atoms with Crippen LogP contribution in [0.5, 0.6) is 0 Å². The molecule has 6 aromatic carbocycles. The maximum absolute atomic E-state index is 5.27. The van der Waals surface area contributed by atoms with Crippen molar-refractivity contribution in [1.29, 1.82) is 0 Å². The van der Waals surface area contributed by atoms with Crippen LogP contribution in [-0.2, 0) is 0 Å². The van der Waals surface area contributed by atoms with Crippen LogP contribution in [-0.4, -0.2) is 48.4 Å². The minimum absolute atomic E-state index is 0.243. The molecule has 0 atom stereocenters. The Morgan fingerprint density at radius 1 is 0.385 bits per heavy atom. The molecule has 0 saturated carbocycles. The number of nitrogens with zero attached hydrogens (tertiary/aromatic N) is 7. The molecule has 0 bridgehead atoms. The summed E-state index contributed by atoms with van der Waals surface area (Å²) in [6.07, 6.45) is 3.99. The van der Waals surface area contributed by atoms with Crippen LogP contribution in [0.2, 0.25) is 0 Å². The number of hydrogen-bond donors (Lipinski definition) is 0. The highest BCUT2D eigenvalue weighted by atomic mass is 15.4. The van der Waals surface area contributed by atoms with E-state index in [9.17, 15) is 0 Å². The molecule has 0 spiro atoms. The van der Waals surface area contributed by atoms with E-state index in [0.29, 0.717) is 0 Å². The molecular formula is C58H53N7. The van der Waals surface area contributed by atoms with Gasteiger partial charge in [-0.3, -0.25) is 20.0 Å². The lowest BCUT2D eigenvalue weighted by Crippen LogP contribution is -2.53. The topological polar surface area (TPSA) is 61.9 Å². The Morgan fingerprint density at radius 2 is 0.815 bits per heavy atom. The van der Waals surface area contributed by atoms with Crippen molar-refractivity contribution < 1.29 is 0 Å². The number of aliphatic imine (C=N–C) groups is 2. The first kappa shape index (κ1) is 40.4. The zero-order valence-corrected chi connectivity index (χ0v) is 38.4. The van der Waals surface area contributed by atoms with Gasteiger partial charge in [0, 0.05) is 56.7 Å². The number of pyridine rings is 2. The van der Waals surface area contributed by atoms with E-state index in [1.54, 1.807) is 0 Å². The highest BCUT2D eigenvalue weighted by Crippen LogP contribution is 2.44. The Morgan fingerprint density at radius 3 is 1.29 bits per heavy atom. The molecule has 5 heterocycles. The third kappa shape index (κ3) is 6.31. The molecular weight excluding hydrogens is 795 g/mol. The van der Waals surface area contributed by atoms with E-state index >= 15 is 0 Å². The normalized spacial score (nSPS) is 17.2. The summed E-state index contributed by atoms with van der Waals surface area (Å²) in [4.78, 5) is 25.3. The van der Waals surface area contributed by atoms with Crippen molar-refractivity contribution in [2.24, 2.45) is 9.98 Å². The van der Waals surface area contributed by atoms with Crippen molar-refractivity contribution in [2.75, 3.05) is 9.80 Å². The van der Waals surface area contributed by atoms with Gasteiger partial charge < -0.3 is 14.4 Å². The first-order chi connectivity index (χ1) is 31.2. The number of amidine groups is 2. The largest absolute Gasteiger partial charge is 0.317 e. The van der Waals surface area contributed by atoms with Gasteiger partial charge >= 0.3 is 0 Å². The van der Waals surface area contributed by atoms with Crippen LogP contribution in [0.25, 0.3) is 60.5 Å². The summed E-state index contributed by atoms with van der Waals surface area (Å²) in [5.41, 5.74) is 10.6. The van der Waals surface area contributed by atoms with E-state index in [0.717, 1.165) is 67.9 Å². The van der Waals surface area contributed by atoms with Crippen LogP contribution in [0.15, 0.2) is 186 Å². The second kappa shape index (κ2) is 14.6. The van der Waals surface area contributed by atoms with E-state index in [-0.39, 0.29) is 22.2 Å². The maximum atomic E-state index is 5.27. The minimum Gasteiger partial charge on any atom is -0.317 e. The number of rotatable bonds is 7. The van der Waals surface area contributed by atoms with Gasteiger partial charge in [0.05, 0.1) is 33.2 Å². The lowest BCUT2D eigenvalue weighted by Gasteiger charge is -2.41. The molecule has 0 N–H and O–H groups in total. The standard InChI is InChI=1S/C58H53N7/c1-55(2)57(5,6)64(44-20-14-10-15-21-44)53(61-55)49-32-27-41(36-59-49)38-24-29-46-40(34-38)26-31-48-47-30-25-39(35-51(47)63(52(46)48)43-18-12-9-13-19-43)42-28-33-50(60-37-42)54-62-56(3,4)58(7,8)65(54)45-22-16-11-17-23-45/h9-37H,1-8H3. The molecule has 0 fully saturated rings. The molecule has 7 heteroatoms. The van der Waals surface area contributed by atoms with E-state index in [2.05, 4.69) is 234 Å². The van der Waals surface area contributed by atoms with Gasteiger partial charge in [-0.15, -0.1) is 0 Å². The van der Waals surface area contributed by atoms with Gasteiger partial charge in [0.25, 0.3) is 0 Å². The monoisotopic (exact) mass is 847 g/mol. The molecule has 320 valence electrons. The molecule has 11 rings (SSSR count). The minimum atomic E-state index is -0.310. The fourth-order valence-electron chi connectivity index (χ4n) is 9.80. The average molecular weight is 848 g/mol. The molecule has 0 amide bonds. The number of fused-ring (bicyclic) bond motifs is 5.